The van der Waals surface area contributed by atoms with Crippen LogP contribution in [0.2, 0.25) is 0 Å². The van der Waals surface area contributed by atoms with Crippen LogP contribution in [0.15, 0.2) is 11.5 Å². The van der Waals surface area contributed by atoms with Gasteiger partial charge < -0.3 is 24.4 Å². The summed E-state index contributed by atoms with van der Waals surface area (Å²) in [4.78, 5) is 23.3. The predicted octanol–water partition coefficient (Wildman–Crippen LogP) is 5.32. The van der Waals surface area contributed by atoms with E-state index in [-0.39, 0.29) is 11.5 Å². The molecule has 0 spiro atoms. The minimum absolute atomic E-state index is 0.162. The van der Waals surface area contributed by atoms with Crippen LogP contribution in [0.4, 0.5) is 0 Å². The van der Waals surface area contributed by atoms with Gasteiger partial charge in [-0.3, -0.25) is 4.79 Å². The van der Waals surface area contributed by atoms with Crippen molar-refractivity contribution >= 4 is 11.9 Å². The average Bonchev–Trinajstić information content (AvgIpc) is 3.09. The van der Waals surface area contributed by atoms with Crippen LogP contribution < -0.4 is 0 Å². The van der Waals surface area contributed by atoms with Crippen LogP contribution in [0.1, 0.15) is 117 Å². The predicted molar refractivity (Wildman–Crippen MR) is 127 cm³/mol. The smallest absolute Gasteiger partial charge is 0.378 e. The Morgan fingerprint density at radius 2 is 1.33 bits per heavy atom. The van der Waals surface area contributed by atoms with Crippen molar-refractivity contribution in [2.24, 2.45) is 0 Å². The first-order chi connectivity index (χ1) is 16.0. The molecule has 2 atom stereocenters. The van der Waals surface area contributed by atoms with Gasteiger partial charge in [0.25, 0.3) is 0 Å². The van der Waals surface area contributed by atoms with E-state index in [1.165, 1.54) is 90.4 Å². The second kappa shape index (κ2) is 18.8. The van der Waals surface area contributed by atoms with Crippen LogP contribution in [0.5, 0.6) is 0 Å². The molecule has 192 valence electrons. The number of hydrogen-bond acceptors (Lipinski definition) is 7. The van der Waals surface area contributed by atoms with E-state index in [2.05, 4.69) is 6.92 Å². The van der Waals surface area contributed by atoms with Gasteiger partial charge in [-0.2, -0.15) is 0 Å². The third-order valence-electron chi connectivity index (χ3n) is 5.94. The number of esters is 2. The first-order valence-corrected chi connectivity index (χ1v) is 13.1. The number of ether oxygens (including phenoxy) is 3. The molecule has 0 saturated heterocycles. The Labute approximate surface area is 199 Å². The summed E-state index contributed by atoms with van der Waals surface area (Å²) in [5.74, 6) is -1.80. The Balaban J connectivity index is 2.06. The lowest BCUT2D eigenvalue weighted by Crippen LogP contribution is -2.32. The number of hydrogen-bond donors (Lipinski definition) is 2. The van der Waals surface area contributed by atoms with E-state index >= 15 is 0 Å². The van der Waals surface area contributed by atoms with Crippen molar-refractivity contribution in [3.63, 3.8) is 0 Å². The van der Waals surface area contributed by atoms with Gasteiger partial charge >= 0.3 is 11.9 Å². The van der Waals surface area contributed by atoms with Crippen molar-refractivity contribution in [3.8, 4) is 0 Å². The van der Waals surface area contributed by atoms with Crippen molar-refractivity contribution in [1.29, 1.82) is 0 Å². The van der Waals surface area contributed by atoms with Gasteiger partial charge in [0, 0.05) is 6.92 Å². The molecule has 7 heteroatoms. The van der Waals surface area contributed by atoms with Crippen LogP contribution in [-0.4, -0.2) is 47.6 Å². The van der Waals surface area contributed by atoms with Crippen LogP contribution in [-0.2, 0) is 23.8 Å². The van der Waals surface area contributed by atoms with Gasteiger partial charge in [0.1, 0.15) is 6.10 Å². The van der Waals surface area contributed by atoms with Gasteiger partial charge in [0.05, 0.1) is 13.2 Å². The third-order valence-corrected chi connectivity index (χ3v) is 5.94. The number of rotatable bonds is 21. The number of aliphatic hydroxyl groups excluding tert-OH is 2. The molecule has 0 aromatic carbocycles. The van der Waals surface area contributed by atoms with Gasteiger partial charge in [-0.1, -0.05) is 103 Å². The van der Waals surface area contributed by atoms with Crippen molar-refractivity contribution < 1.29 is 34.0 Å². The topological polar surface area (TPSA) is 102 Å². The van der Waals surface area contributed by atoms with Crippen LogP contribution in [0.3, 0.4) is 0 Å². The van der Waals surface area contributed by atoms with E-state index in [4.69, 9.17) is 19.3 Å². The molecule has 0 aromatic rings. The molecular formula is C26H46O7. The van der Waals surface area contributed by atoms with Crippen LogP contribution in [0.25, 0.3) is 0 Å². The highest BCUT2D eigenvalue weighted by Gasteiger charge is 2.42. The van der Waals surface area contributed by atoms with E-state index in [0.29, 0.717) is 6.61 Å². The van der Waals surface area contributed by atoms with Gasteiger partial charge in [-0.25, -0.2) is 4.79 Å². The summed E-state index contributed by atoms with van der Waals surface area (Å²) in [6.45, 7) is 3.12. The normalized spacial score (nSPS) is 16.7. The number of cyclic esters (lactones) is 1. The number of unbranched alkanes of at least 4 members (excludes halogenated alkanes) is 15. The third kappa shape index (κ3) is 13.0. The minimum atomic E-state index is -1.38. The van der Waals surface area contributed by atoms with Gasteiger partial charge in [-0.15, -0.1) is 0 Å². The molecule has 7 nitrogen and oxygen atoms in total. The fourth-order valence-corrected chi connectivity index (χ4v) is 4.01. The fraction of sp³-hybridized carbons (Fsp3) is 0.846. The zero-order valence-corrected chi connectivity index (χ0v) is 20.8. The first-order valence-electron chi connectivity index (χ1n) is 13.1. The fourth-order valence-electron chi connectivity index (χ4n) is 4.01. The molecule has 1 aliphatic rings. The highest BCUT2D eigenvalue weighted by atomic mass is 16.6. The lowest BCUT2D eigenvalue weighted by Gasteiger charge is -2.16. The van der Waals surface area contributed by atoms with E-state index in [0.717, 1.165) is 19.3 Å². The van der Waals surface area contributed by atoms with E-state index in [1.807, 2.05) is 0 Å². The number of aliphatic hydroxyl groups is 2. The van der Waals surface area contributed by atoms with Gasteiger partial charge in [-0.05, 0) is 6.42 Å². The van der Waals surface area contributed by atoms with Crippen molar-refractivity contribution in [1.82, 2.24) is 0 Å². The monoisotopic (exact) mass is 470 g/mol. The zero-order valence-electron chi connectivity index (χ0n) is 20.8. The number of carbonyl (C=O) groups excluding carboxylic acids is 2. The molecule has 0 aliphatic carbocycles. The maximum absolute atomic E-state index is 12.0. The summed E-state index contributed by atoms with van der Waals surface area (Å²) in [5.41, 5.74) is 0. The summed E-state index contributed by atoms with van der Waals surface area (Å²) in [5, 5.41) is 18.9. The average molecular weight is 471 g/mol. The summed E-state index contributed by atoms with van der Waals surface area (Å²) in [6, 6.07) is 0. The van der Waals surface area contributed by atoms with E-state index in [1.54, 1.807) is 0 Å². The Bertz CT molecular complexity index is 573. The molecular weight excluding hydrogens is 424 g/mol. The molecule has 1 rings (SSSR count). The Kier molecular flexibility index (Phi) is 16.8. The SMILES string of the molecule is CCCCCCCCCCCCCCCCCCOC1=C(OC(C)=O)[C@@H]([C@@H](O)CO)OC1=O. The maximum atomic E-state index is 12.0. The lowest BCUT2D eigenvalue weighted by molar-refractivity contribution is -0.151. The molecule has 0 unspecified atom stereocenters. The summed E-state index contributed by atoms with van der Waals surface area (Å²) < 4.78 is 15.5. The zero-order chi connectivity index (χ0) is 24.3. The lowest BCUT2D eigenvalue weighted by atomic mass is 10.0. The molecule has 1 aliphatic heterocycles. The Hall–Kier alpha value is -1.60. The largest absolute Gasteiger partial charge is 0.484 e. The molecule has 0 aromatic heterocycles. The Morgan fingerprint density at radius 3 is 1.76 bits per heavy atom. The summed E-state index contributed by atoms with van der Waals surface area (Å²) >= 11 is 0. The van der Waals surface area contributed by atoms with Gasteiger partial charge in [0.2, 0.25) is 11.5 Å². The molecule has 0 bridgehead atoms. The maximum Gasteiger partial charge on any atom is 0.378 e. The van der Waals surface area contributed by atoms with Crippen molar-refractivity contribution in [2.45, 2.75) is 129 Å². The summed E-state index contributed by atoms with van der Waals surface area (Å²) in [6.07, 6.45) is 17.8. The standard InChI is InChI=1S/C26H46O7/c1-3-4-5-6-7-8-9-10-11-12-13-14-15-16-17-18-19-31-25-24(32-21(2)28)23(22(29)20-27)33-26(25)30/h22-23,27,29H,3-20H2,1-2H3/t22-,23+/m0/s1. The van der Waals surface area contributed by atoms with Crippen LogP contribution in [0, 0.1) is 0 Å². The van der Waals surface area contributed by atoms with E-state index in [9.17, 15) is 14.7 Å². The molecule has 0 radical (unpaired) electrons. The molecule has 33 heavy (non-hydrogen) atoms. The second-order valence-corrected chi connectivity index (χ2v) is 9.01. The molecule has 2 N–H and O–H groups in total. The van der Waals surface area contributed by atoms with E-state index < -0.39 is 30.8 Å². The quantitative estimate of drug-likeness (QED) is 0.173. The molecule has 0 saturated carbocycles. The first kappa shape index (κ1) is 29.4. The molecule has 1 heterocycles. The second-order valence-electron chi connectivity index (χ2n) is 9.01. The molecule has 0 fully saturated rings. The summed E-state index contributed by atoms with van der Waals surface area (Å²) in [7, 11) is 0. The van der Waals surface area contributed by atoms with Crippen molar-refractivity contribution in [3.05, 3.63) is 11.5 Å². The highest BCUT2D eigenvalue weighted by Crippen LogP contribution is 2.27. The number of carbonyl (C=O) groups is 2. The van der Waals surface area contributed by atoms with Crippen LogP contribution >= 0.6 is 0 Å². The Morgan fingerprint density at radius 1 is 0.879 bits per heavy atom. The highest BCUT2D eigenvalue weighted by molar-refractivity contribution is 5.90. The molecule has 0 amide bonds. The minimum Gasteiger partial charge on any atom is -0.484 e. The van der Waals surface area contributed by atoms with Gasteiger partial charge in [0.15, 0.2) is 6.10 Å². The van der Waals surface area contributed by atoms with Crippen molar-refractivity contribution in [2.75, 3.05) is 13.2 Å².